The van der Waals surface area contributed by atoms with E-state index in [0.29, 0.717) is 23.8 Å². The molecule has 18 heteroatoms. The van der Waals surface area contributed by atoms with E-state index >= 15 is 0 Å². The van der Waals surface area contributed by atoms with Crippen molar-refractivity contribution in [2.24, 2.45) is 5.92 Å². The molecule has 4 rings (SSSR count). The fourth-order valence-electron chi connectivity index (χ4n) is 5.05. The van der Waals surface area contributed by atoms with Gasteiger partial charge in [0.15, 0.2) is 11.6 Å². The second kappa shape index (κ2) is 11.2. The molecule has 2 N–H and O–H groups in total. The van der Waals surface area contributed by atoms with Crippen molar-refractivity contribution in [2.45, 2.75) is 68.2 Å². The Bertz CT molecular complexity index is 1380. The highest BCUT2D eigenvalue weighted by Crippen LogP contribution is 2.43. The predicted octanol–water partition coefficient (Wildman–Crippen LogP) is 2.79. The molecule has 2 heterocycles. The summed E-state index contributed by atoms with van der Waals surface area (Å²) in [7, 11) is 0.870. The summed E-state index contributed by atoms with van der Waals surface area (Å²) < 4.78 is 112. The fourth-order valence-corrected chi connectivity index (χ4v) is 5.05. The number of benzene rings is 1. The number of amides is 4. The standard InChI is InChI=1S/C25H23F8N5O5/c1-37(19(39)15(8-24(28,29)30)35-22(42)25(31,32)33)16(4-11-2-3-11)20(40)38-10-23(7-13(38)9-34)21(41)36-18-14(27)5-12(26)6-17(18)43-23/h5-6,11,13,15-16H,2-4,7-8,10H2,1H3,(H,35,42)(H,36,41)/t13-,15-,16-,23+/m0/s1. The van der Waals surface area contributed by atoms with E-state index in [9.17, 15) is 59.6 Å². The lowest BCUT2D eigenvalue weighted by atomic mass is 9.97. The largest absolute Gasteiger partial charge is 0.473 e. The molecule has 0 aromatic heterocycles. The van der Waals surface area contributed by atoms with E-state index in [1.807, 2.05) is 0 Å². The van der Waals surface area contributed by atoms with Crippen LogP contribution in [-0.2, 0) is 19.2 Å². The van der Waals surface area contributed by atoms with Crippen molar-refractivity contribution in [2.75, 3.05) is 18.9 Å². The summed E-state index contributed by atoms with van der Waals surface area (Å²) in [5.74, 6) is -9.30. The highest BCUT2D eigenvalue weighted by Gasteiger charge is 2.57. The molecule has 1 aromatic carbocycles. The van der Waals surface area contributed by atoms with Crippen LogP contribution in [0.25, 0.3) is 0 Å². The molecule has 1 aromatic rings. The maximum atomic E-state index is 14.2. The lowest BCUT2D eigenvalue weighted by Gasteiger charge is -2.36. The van der Waals surface area contributed by atoms with Gasteiger partial charge in [0.1, 0.15) is 29.6 Å². The molecule has 1 spiro atoms. The van der Waals surface area contributed by atoms with Gasteiger partial charge in [0, 0.05) is 25.6 Å². The minimum atomic E-state index is -5.61. The number of likely N-dealkylation sites (N-methyl/N-ethyl adjacent to an activating group) is 1. The molecule has 1 saturated carbocycles. The van der Waals surface area contributed by atoms with Gasteiger partial charge in [-0.2, -0.15) is 31.6 Å². The van der Waals surface area contributed by atoms with Gasteiger partial charge in [0.05, 0.1) is 19.0 Å². The molecular weight excluding hydrogens is 602 g/mol. The van der Waals surface area contributed by atoms with Crippen molar-refractivity contribution in [3.05, 3.63) is 23.8 Å². The zero-order valence-electron chi connectivity index (χ0n) is 22.1. The van der Waals surface area contributed by atoms with Crippen LogP contribution < -0.4 is 15.4 Å². The van der Waals surface area contributed by atoms with Gasteiger partial charge in [0.25, 0.3) is 5.91 Å². The SMILES string of the molecule is CN(C(=O)[C@H](CC(F)(F)F)NC(=O)C(F)(F)F)[C@@H](CC1CC1)C(=O)N1C[C@@]2(C[C@H]1C#N)Oc1cc(F)cc(F)c1NC2=O. The maximum Gasteiger partial charge on any atom is 0.471 e. The monoisotopic (exact) mass is 625 g/mol. The van der Waals surface area contributed by atoms with Gasteiger partial charge >= 0.3 is 18.3 Å². The van der Waals surface area contributed by atoms with E-state index in [2.05, 4.69) is 5.32 Å². The first-order valence-corrected chi connectivity index (χ1v) is 12.8. The molecule has 2 aliphatic heterocycles. The quantitative estimate of drug-likeness (QED) is 0.449. The third kappa shape index (κ3) is 6.75. The number of halogens is 8. The average Bonchev–Trinajstić information content (AvgIpc) is 3.64. The van der Waals surface area contributed by atoms with Crippen LogP contribution in [0.1, 0.15) is 32.1 Å². The van der Waals surface area contributed by atoms with Gasteiger partial charge in [-0.15, -0.1) is 0 Å². The van der Waals surface area contributed by atoms with E-state index in [0.717, 1.165) is 23.3 Å². The number of hydrogen-bond acceptors (Lipinski definition) is 6. The van der Waals surface area contributed by atoms with Crippen molar-refractivity contribution in [3.63, 3.8) is 0 Å². The molecular formula is C25H23F8N5O5. The number of alkyl halides is 6. The Balaban J connectivity index is 1.62. The predicted molar refractivity (Wildman–Crippen MR) is 127 cm³/mol. The van der Waals surface area contributed by atoms with Gasteiger partial charge in [0.2, 0.25) is 17.4 Å². The zero-order valence-corrected chi connectivity index (χ0v) is 22.1. The number of carbonyl (C=O) groups is 4. The number of nitrogens with zero attached hydrogens (tertiary/aromatic N) is 3. The van der Waals surface area contributed by atoms with E-state index in [1.165, 1.54) is 0 Å². The van der Waals surface area contributed by atoms with E-state index in [-0.39, 0.29) is 12.3 Å². The normalized spacial score (nSPS) is 23.0. The van der Waals surface area contributed by atoms with Gasteiger partial charge in [-0.3, -0.25) is 19.2 Å². The van der Waals surface area contributed by atoms with E-state index < -0.39 is 102 Å². The highest BCUT2D eigenvalue weighted by atomic mass is 19.4. The summed E-state index contributed by atoms with van der Waals surface area (Å²) in [6.07, 6.45) is -12.5. The molecule has 0 radical (unpaired) electrons. The van der Waals surface area contributed by atoms with Crippen LogP contribution >= 0.6 is 0 Å². The number of carbonyl (C=O) groups excluding carboxylic acids is 4. The molecule has 3 aliphatic rings. The lowest BCUT2D eigenvalue weighted by molar-refractivity contribution is -0.179. The van der Waals surface area contributed by atoms with Gasteiger partial charge in [-0.1, -0.05) is 12.8 Å². The van der Waals surface area contributed by atoms with Crippen LogP contribution in [0.5, 0.6) is 5.75 Å². The van der Waals surface area contributed by atoms with Crippen LogP contribution in [0, 0.1) is 28.9 Å². The van der Waals surface area contributed by atoms with Crippen LogP contribution in [0.4, 0.5) is 40.8 Å². The Morgan fingerprint density at radius 3 is 2.42 bits per heavy atom. The van der Waals surface area contributed by atoms with Crippen LogP contribution in [-0.4, -0.2) is 83.1 Å². The second-order valence-electron chi connectivity index (χ2n) is 10.6. The van der Waals surface area contributed by atoms with Crippen molar-refractivity contribution in [1.82, 2.24) is 15.1 Å². The summed E-state index contributed by atoms with van der Waals surface area (Å²) >= 11 is 0. The first-order chi connectivity index (χ1) is 19.8. The third-order valence-electron chi connectivity index (χ3n) is 7.38. The van der Waals surface area contributed by atoms with Crippen LogP contribution in [0.3, 0.4) is 0 Å². The molecule has 10 nitrogen and oxygen atoms in total. The molecule has 0 bridgehead atoms. The average molecular weight is 625 g/mol. The Kier molecular flexibility index (Phi) is 8.24. The summed E-state index contributed by atoms with van der Waals surface area (Å²) in [6.45, 7) is -0.673. The first-order valence-electron chi connectivity index (χ1n) is 12.8. The van der Waals surface area contributed by atoms with Gasteiger partial charge < -0.3 is 25.2 Å². The van der Waals surface area contributed by atoms with E-state index in [1.54, 1.807) is 6.07 Å². The van der Waals surface area contributed by atoms with Crippen molar-refractivity contribution in [1.29, 1.82) is 5.26 Å². The topological polar surface area (TPSA) is 132 Å². The van der Waals surface area contributed by atoms with Crippen molar-refractivity contribution < 1.29 is 59.0 Å². The van der Waals surface area contributed by atoms with Gasteiger partial charge in [-0.05, 0) is 12.3 Å². The van der Waals surface area contributed by atoms with Crippen molar-refractivity contribution in [3.8, 4) is 11.8 Å². The number of ether oxygens (including phenoxy) is 1. The Morgan fingerprint density at radius 1 is 1.21 bits per heavy atom. The molecule has 1 aliphatic carbocycles. The Hall–Kier alpha value is -4.17. The highest BCUT2D eigenvalue weighted by molar-refractivity contribution is 6.02. The second-order valence-corrected chi connectivity index (χ2v) is 10.6. The Labute approximate surface area is 237 Å². The number of likely N-dealkylation sites (tertiary alicyclic amines) is 1. The van der Waals surface area contributed by atoms with Crippen molar-refractivity contribution >= 4 is 29.3 Å². The number of hydrogen-bond donors (Lipinski definition) is 2. The molecule has 0 unspecified atom stereocenters. The smallest absolute Gasteiger partial charge is 0.471 e. The maximum absolute atomic E-state index is 14.2. The Morgan fingerprint density at radius 2 is 1.86 bits per heavy atom. The fraction of sp³-hybridized carbons (Fsp3) is 0.560. The summed E-state index contributed by atoms with van der Waals surface area (Å²) in [4.78, 5) is 52.6. The molecule has 4 atom stereocenters. The molecule has 1 saturated heterocycles. The van der Waals surface area contributed by atoms with Gasteiger partial charge in [-0.25, -0.2) is 8.78 Å². The van der Waals surface area contributed by atoms with Crippen LogP contribution in [0.2, 0.25) is 0 Å². The number of nitrogens with one attached hydrogen (secondary N) is 2. The number of nitriles is 1. The lowest BCUT2D eigenvalue weighted by Crippen LogP contribution is -2.58. The summed E-state index contributed by atoms with van der Waals surface area (Å²) in [6, 6.07) is -2.73. The molecule has 234 valence electrons. The minimum Gasteiger partial charge on any atom is -0.473 e. The molecule has 43 heavy (non-hydrogen) atoms. The zero-order chi connectivity index (χ0) is 32.1. The van der Waals surface area contributed by atoms with Crippen LogP contribution in [0.15, 0.2) is 12.1 Å². The summed E-state index contributed by atoms with van der Waals surface area (Å²) in [5, 5.41) is 13.0. The third-order valence-corrected chi connectivity index (χ3v) is 7.38. The summed E-state index contributed by atoms with van der Waals surface area (Å²) in [5.41, 5.74) is -2.50. The minimum absolute atomic E-state index is 0.152. The molecule has 2 fully saturated rings. The number of fused-ring (bicyclic) bond motifs is 1. The number of rotatable bonds is 7. The number of anilines is 1. The van der Waals surface area contributed by atoms with E-state index in [4.69, 9.17) is 4.74 Å². The first kappa shape index (κ1) is 31.8. The molecule has 4 amide bonds.